The molecule has 100 valence electrons. The van der Waals surface area contributed by atoms with E-state index in [0.717, 1.165) is 22.7 Å². The molecule has 1 saturated carbocycles. The van der Waals surface area contributed by atoms with E-state index in [1.165, 1.54) is 18.5 Å². The van der Waals surface area contributed by atoms with Gasteiger partial charge in [-0.25, -0.2) is 14.6 Å². The maximum absolute atomic E-state index is 4.67. The second-order valence-electron chi connectivity index (χ2n) is 4.68. The lowest BCUT2D eigenvalue weighted by atomic mass is 10.2. The van der Waals surface area contributed by atoms with Crippen LogP contribution in [0, 0.1) is 0 Å². The van der Waals surface area contributed by atoms with Crippen LogP contribution in [0.4, 0.5) is 5.82 Å². The number of aromatic nitrogens is 4. The van der Waals surface area contributed by atoms with Crippen LogP contribution in [0.15, 0.2) is 22.9 Å². The molecule has 0 bridgehead atoms. The van der Waals surface area contributed by atoms with E-state index in [-0.39, 0.29) is 0 Å². The third-order valence-electron chi connectivity index (χ3n) is 3.26. The van der Waals surface area contributed by atoms with E-state index >= 15 is 0 Å². The number of nitrogens with zero attached hydrogens (tertiary/aromatic N) is 4. The van der Waals surface area contributed by atoms with Crippen molar-refractivity contribution in [1.29, 1.82) is 0 Å². The molecule has 5 nitrogen and oxygen atoms in total. The van der Waals surface area contributed by atoms with Crippen molar-refractivity contribution < 1.29 is 0 Å². The zero-order valence-corrected chi connectivity index (χ0v) is 12.4. The summed E-state index contributed by atoms with van der Waals surface area (Å²) in [4.78, 5) is 8.92. The van der Waals surface area contributed by atoms with E-state index in [4.69, 9.17) is 0 Å². The quantitative estimate of drug-likeness (QED) is 0.919. The second kappa shape index (κ2) is 5.28. The molecule has 0 unspecified atom stereocenters. The summed E-state index contributed by atoms with van der Waals surface area (Å²) in [7, 11) is 0. The number of pyridine rings is 1. The van der Waals surface area contributed by atoms with Crippen LogP contribution >= 0.6 is 15.9 Å². The van der Waals surface area contributed by atoms with Crippen molar-refractivity contribution in [1.82, 2.24) is 19.7 Å². The SMILES string of the molecule is CCn1ncnc1CNc1ccc(Br)c(C2CC2)n1. The molecule has 2 aromatic heterocycles. The molecule has 0 aromatic carbocycles. The van der Waals surface area contributed by atoms with Gasteiger partial charge in [-0.2, -0.15) is 5.10 Å². The Balaban J connectivity index is 1.71. The maximum atomic E-state index is 4.67. The molecular formula is C13H16BrN5. The maximum Gasteiger partial charge on any atom is 0.146 e. The van der Waals surface area contributed by atoms with E-state index in [1.54, 1.807) is 6.33 Å². The van der Waals surface area contributed by atoms with Gasteiger partial charge in [0, 0.05) is 16.9 Å². The Morgan fingerprint density at radius 1 is 1.42 bits per heavy atom. The van der Waals surface area contributed by atoms with Crippen molar-refractivity contribution in [3.63, 3.8) is 0 Å². The van der Waals surface area contributed by atoms with Crippen molar-refractivity contribution in [2.24, 2.45) is 0 Å². The lowest BCUT2D eigenvalue weighted by molar-refractivity contribution is 0.621. The predicted octanol–water partition coefficient (Wildman–Crippen LogP) is 2.95. The molecule has 1 aliphatic rings. The second-order valence-corrected chi connectivity index (χ2v) is 5.54. The zero-order chi connectivity index (χ0) is 13.2. The van der Waals surface area contributed by atoms with Crippen molar-refractivity contribution in [3.05, 3.63) is 34.5 Å². The van der Waals surface area contributed by atoms with Crippen LogP contribution in [-0.2, 0) is 13.1 Å². The summed E-state index contributed by atoms with van der Waals surface area (Å²) in [5.41, 5.74) is 1.17. The predicted molar refractivity (Wildman–Crippen MR) is 76.9 cm³/mol. The highest BCUT2D eigenvalue weighted by molar-refractivity contribution is 9.10. The minimum atomic E-state index is 0.635. The molecule has 19 heavy (non-hydrogen) atoms. The van der Waals surface area contributed by atoms with Gasteiger partial charge in [0.2, 0.25) is 0 Å². The number of anilines is 1. The van der Waals surface area contributed by atoms with Gasteiger partial charge < -0.3 is 5.32 Å². The summed E-state index contributed by atoms with van der Waals surface area (Å²) in [5.74, 6) is 2.46. The highest BCUT2D eigenvalue weighted by Gasteiger charge is 2.27. The normalized spacial score (nSPS) is 14.6. The van der Waals surface area contributed by atoms with Crippen LogP contribution in [0.5, 0.6) is 0 Å². The van der Waals surface area contributed by atoms with Gasteiger partial charge >= 0.3 is 0 Å². The standard InChI is InChI=1S/C13H16BrN5/c1-2-19-12(16-8-17-19)7-15-11-6-5-10(14)13(18-11)9-3-4-9/h5-6,8-9H,2-4,7H2,1H3,(H,15,18). The van der Waals surface area contributed by atoms with Gasteiger partial charge in [-0.1, -0.05) is 0 Å². The zero-order valence-electron chi connectivity index (χ0n) is 10.8. The Morgan fingerprint density at radius 2 is 2.26 bits per heavy atom. The lowest BCUT2D eigenvalue weighted by Gasteiger charge is -2.09. The highest BCUT2D eigenvalue weighted by Crippen LogP contribution is 2.42. The van der Waals surface area contributed by atoms with Crippen LogP contribution < -0.4 is 5.32 Å². The fraction of sp³-hybridized carbons (Fsp3) is 0.462. The Kier molecular flexibility index (Phi) is 3.50. The number of hydrogen-bond acceptors (Lipinski definition) is 4. The van der Waals surface area contributed by atoms with Gasteiger partial charge in [0.15, 0.2) is 0 Å². The van der Waals surface area contributed by atoms with Gasteiger partial charge in [-0.15, -0.1) is 0 Å². The van der Waals surface area contributed by atoms with Crippen LogP contribution in [0.25, 0.3) is 0 Å². The van der Waals surface area contributed by atoms with E-state index in [9.17, 15) is 0 Å². The number of halogens is 1. The molecule has 1 N–H and O–H groups in total. The molecule has 3 rings (SSSR count). The third kappa shape index (κ3) is 2.78. The van der Waals surface area contributed by atoms with Gasteiger partial charge in [-0.05, 0) is 47.8 Å². The summed E-state index contributed by atoms with van der Waals surface area (Å²) >= 11 is 3.57. The first kappa shape index (κ1) is 12.6. The van der Waals surface area contributed by atoms with E-state index in [0.29, 0.717) is 12.5 Å². The fourth-order valence-electron chi connectivity index (χ4n) is 2.06. The van der Waals surface area contributed by atoms with Crippen molar-refractivity contribution >= 4 is 21.7 Å². The van der Waals surface area contributed by atoms with E-state index in [2.05, 4.69) is 49.3 Å². The van der Waals surface area contributed by atoms with Crippen LogP contribution in [0.1, 0.15) is 37.2 Å². The molecule has 0 radical (unpaired) electrons. The first-order chi connectivity index (χ1) is 9.28. The van der Waals surface area contributed by atoms with Crippen LogP contribution in [0.3, 0.4) is 0 Å². The van der Waals surface area contributed by atoms with E-state index in [1.807, 2.05) is 10.7 Å². The largest absolute Gasteiger partial charge is 0.363 e. The molecule has 6 heteroatoms. The van der Waals surface area contributed by atoms with Gasteiger partial charge in [0.25, 0.3) is 0 Å². The fourth-order valence-corrected chi connectivity index (χ4v) is 2.60. The summed E-state index contributed by atoms with van der Waals surface area (Å²) in [5, 5.41) is 7.47. The molecule has 0 atom stereocenters. The van der Waals surface area contributed by atoms with E-state index < -0.39 is 0 Å². The summed E-state index contributed by atoms with van der Waals surface area (Å²) in [6.45, 7) is 3.53. The first-order valence-electron chi connectivity index (χ1n) is 6.55. The molecule has 1 aliphatic carbocycles. The first-order valence-corrected chi connectivity index (χ1v) is 7.34. The Hall–Kier alpha value is -1.43. The monoisotopic (exact) mass is 321 g/mol. The summed E-state index contributed by atoms with van der Waals surface area (Å²) in [6.07, 6.45) is 4.09. The number of rotatable bonds is 5. The number of nitrogens with one attached hydrogen (secondary N) is 1. The minimum absolute atomic E-state index is 0.635. The Labute approximate surface area is 120 Å². The summed E-state index contributed by atoms with van der Waals surface area (Å²) < 4.78 is 2.99. The topological polar surface area (TPSA) is 55.6 Å². The van der Waals surface area contributed by atoms with Gasteiger partial charge in [0.1, 0.15) is 18.0 Å². The molecule has 0 aliphatic heterocycles. The molecule has 0 saturated heterocycles. The van der Waals surface area contributed by atoms with Gasteiger partial charge in [-0.3, -0.25) is 0 Å². The smallest absolute Gasteiger partial charge is 0.146 e. The molecule has 2 aromatic rings. The molecule has 2 heterocycles. The Morgan fingerprint density at radius 3 is 3.00 bits per heavy atom. The number of aryl methyl sites for hydroxylation is 1. The van der Waals surface area contributed by atoms with Crippen molar-refractivity contribution in [2.75, 3.05) is 5.32 Å². The lowest BCUT2D eigenvalue weighted by Crippen LogP contribution is -2.10. The third-order valence-corrected chi connectivity index (χ3v) is 3.93. The molecule has 0 spiro atoms. The molecule has 0 amide bonds. The molecular weight excluding hydrogens is 306 g/mol. The van der Waals surface area contributed by atoms with Crippen molar-refractivity contribution in [2.45, 2.75) is 38.8 Å². The minimum Gasteiger partial charge on any atom is -0.363 e. The summed E-state index contributed by atoms with van der Waals surface area (Å²) in [6, 6.07) is 4.05. The van der Waals surface area contributed by atoms with Crippen LogP contribution in [-0.4, -0.2) is 19.7 Å². The average Bonchev–Trinajstić information content (AvgIpc) is 3.16. The average molecular weight is 322 g/mol. The Bertz CT molecular complexity index is 576. The highest BCUT2D eigenvalue weighted by atomic mass is 79.9. The van der Waals surface area contributed by atoms with Crippen LogP contribution in [0.2, 0.25) is 0 Å². The van der Waals surface area contributed by atoms with Crippen molar-refractivity contribution in [3.8, 4) is 0 Å². The van der Waals surface area contributed by atoms with Gasteiger partial charge in [0.05, 0.1) is 12.2 Å². The molecule has 1 fully saturated rings. The number of hydrogen-bond donors (Lipinski definition) is 1.